The first-order valence-corrected chi connectivity index (χ1v) is 11.9. The Bertz CT molecular complexity index is 1340. The number of benzene rings is 1. The highest BCUT2D eigenvalue weighted by molar-refractivity contribution is 5.86. The fraction of sp³-hybridized carbons (Fsp3) is 0.462. The molecule has 5 rings (SSSR count). The third-order valence-corrected chi connectivity index (χ3v) is 7.41. The Labute approximate surface area is 204 Å². The molecular formula is C26H30N6O3. The van der Waals surface area contributed by atoms with Gasteiger partial charge in [-0.05, 0) is 38.0 Å². The minimum atomic E-state index is -0.855. The summed E-state index contributed by atoms with van der Waals surface area (Å²) >= 11 is 0. The lowest BCUT2D eigenvalue weighted by Crippen LogP contribution is -2.51. The Hall–Kier alpha value is -3.48. The van der Waals surface area contributed by atoms with Crippen molar-refractivity contribution in [1.29, 1.82) is 5.26 Å². The van der Waals surface area contributed by atoms with Gasteiger partial charge >= 0.3 is 0 Å². The summed E-state index contributed by atoms with van der Waals surface area (Å²) in [6, 6.07) is 7.91. The van der Waals surface area contributed by atoms with Crippen molar-refractivity contribution in [2.45, 2.75) is 58.3 Å². The number of hydrogen-bond donors (Lipinski definition) is 1. The van der Waals surface area contributed by atoms with E-state index in [0.717, 1.165) is 28.1 Å². The molecule has 0 radical (unpaired) electrons. The smallest absolute Gasteiger partial charge is 0.255 e. The van der Waals surface area contributed by atoms with Gasteiger partial charge in [-0.15, -0.1) is 0 Å². The molecule has 4 heterocycles. The van der Waals surface area contributed by atoms with Crippen molar-refractivity contribution in [3.63, 3.8) is 0 Å². The van der Waals surface area contributed by atoms with Crippen LogP contribution >= 0.6 is 0 Å². The number of nitriles is 1. The van der Waals surface area contributed by atoms with Crippen LogP contribution in [0.2, 0.25) is 0 Å². The number of ether oxygens (including phenoxy) is 2. The standard InChI is InChI=1S/C26H30N6O3/c1-16-13-28-25-30-23(29-18(3)20-7-5-6-19(12-27)17(20)2)21-14-31(15-22(21)32(16)25)24(33)26(34-4)8-10-35-11-9-26/h5-7,13,18H,8-11,14-15H2,1-4H3,(H,28,29,30)/t18-/m1/s1. The quantitative estimate of drug-likeness (QED) is 0.604. The van der Waals surface area contributed by atoms with E-state index in [-0.39, 0.29) is 11.9 Å². The number of aromatic nitrogens is 3. The number of fused-ring (bicyclic) bond motifs is 3. The summed E-state index contributed by atoms with van der Waals surface area (Å²) in [6.07, 6.45) is 2.89. The summed E-state index contributed by atoms with van der Waals surface area (Å²) in [5.74, 6) is 1.29. The minimum absolute atomic E-state index is 0.0121. The molecule has 2 aliphatic heterocycles. The molecule has 2 aliphatic rings. The molecule has 1 atom stereocenters. The van der Waals surface area contributed by atoms with Crippen LogP contribution in [0.3, 0.4) is 0 Å². The van der Waals surface area contributed by atoms with Gasteiger partial charge in [0.15, 0.2) is 5.60 Å². The lowest BCUT2D eigenvalue weighted by molar-refractivity contribution is -0.167. The molecule has 0 bridgehead atoms. The van der Waals surface area contributed by atoms with Gasteiger partial charge < -0.3 is 19.7 Å². The molecule has 1 amide bonds. The van der Waals surface area contributed by atoms with E-state index in [9.17, 15) is 10.1 Å². The maximum atomic E-state index is 13.7. The minimum Gasteiger partial charge on any atom is -0.381 e. The number of rotatable bonds is 5. The van der Waals surface area contributed by atoms with Gasteiger partial charge in [0.1, 0.15) is 5.82 Å². The van der Waals surface area contributed by atoms with Gasteiger partial charge in [0, 0.05) is 44.4 Å². The number of anilines is 1. The Kier molecular flexibility index (Phi) is 5.95. The lowest BCUT2D eigenvalue weighted by atomic mass is 9.92. The van der Waals surface area contributed by atoms with Crippen molar-refractivity contribution in [2.24, 2.45) is 0 Å². The highest BCUT2D eigenvalue weighted by Gasteiger charge is 2.45. The fourth-order valence-corrected chi connectivity index (χ4v) is 5.32. The van der Waals surface area contributed by atoms with Crippen molar-refractivity contribution < 1.29 is 14.3 Å². The summed E-state index contributed by atoms with van der Waals surface area (Å²) in [6.45, 7) is 7.93. The molecule has 35 heavy (non-hydrogen) atoms. The molecule has 0 unspecified atom stereocenters. The molecule has 9 nitrogen and oxygen atoms in total. The van der Waals surface area contributed by atoms with Crippen molar-refractivity contribution in [3.05, 3.63) is 58.0 Å². The van der Waals surface area contributed by atoms with Gasteiger partial charge in [-0.1, -0.05) is 12.1 Å². The van der Waals surface area contributed by atoms with E-state index >= 15 is 0 Å². The maximum absolute atomic E-state index is 13.7. The largest absolute Gasteiger partial charge is 0.381 e. The van der Waals surface area contributed by atoms with Crippen LogP contribution < -0.4 is 5.32 Å². The van der Waals surface area contributed by atoms with Crippen LogP contribution in [0.25, 0.3) is 5.78 Å². The fourth-order valence-electron chi connectivity index (χ4n) is 5.32. The molecule has 1 fully saturated rings. The summed E-state index contributed by atoms with van der Waals surface area (Å²) in [7, 11) is 1.61. The first-order valence-electron chi connectivity index (χ1n) is 11.9. The Morgan fingerprint density at radius 1 is 1.29 bits per heavy atom. The SMILES string of the molecule is COC1(C(=O)N2Cc3c(N[C@H](C)c4cccc(C#N)c4C)nc4ncc(C)n4c3C2)CCOCC1. The van der Waals surface area contributed by atoms with Crippen molar-refractivity contribution >= 4 is 17.5 Å². The number of carbonyl (C=O) groups is 1. The number of hydrogen-bond acceptors (Lipinski definition) is 7. The molecule has 0 spiro atoms. The normalized spacial score (nSPS) is 17.7. The van der Waals surface area contributed by atoms with Crippen molar-refractivity contribution in [1.82, 2.24) is 19.3 Å². The summed E-state index contributed by atoms with van der Waals surface area (Å²) < 4.78 is 13.3. The van der Waals surface area contributed by atoms with Crippen LogP contribution in [-0.2, 0) is 27.4 Å². The van der Waals surface area contributed by atoms with Crippen LogP contribution in [0.15, 0.2) is 24.4 Å². The zero-order valence-electron chi connectivity index (χ0n) is 20.6. The van der Waals surface area contributed by atoms with Gasteiger partial charge in [-0.2, -0.15) is 10.2 Å². The van der Waals surface area contributed by atoms with Crippen LogP contribution in [-0.4, -0.2) is 51.1 Å². The van der Waals surface area contributed by atoms with Crippen LogP contribution in [0.4, 0.5) is 5.82 Å². The molecule has 3 aromatic rings. The van der Waals surface area contributed by atoms with Gasteiger partial charge in [-0.3, -0.25) is 9.20 Å². The van der Waals surface area contributed by atoms with E-state index in [4.69, 9.17) is 14.5 Å². The highest BCUT2D eigenvalue weighted by Crippen LogP contribution is 2.36. The molecule has 1 N–H and O–H groups in total. The van der Waals surface area contributed by atoms with Gasteiger partial charge in [0.2, 0.25) is 5.78 Å². The Morgan fingerprint density at radius 3 is 2.77 bits per heavy atom. The van der Waals surface area contributed by atoms with Gasteiger partial charge in [-0.25, -0.2) is 4.98 Å². The number of amides is 1. The summed E-state index contributed by atoms with van der Waals surface area (Å²) in [5.41, 5.74) is 4.75. The zero-order chi connectivity index (χ0) is 24.7. The van der Waals surface area contributed by atoms with E-state index < -0.39 is 5.60 Å². The van der Waals surface area contributed by atoms with Crippen molar-refractivity contribution in [3.8, 4) is 6.07 Å². The third kappa shape index (κ3) is 3.83. The second-order valence-electron chi connectivity index (χ2n) is 9.39. The van der Waals surface area contributed by atoms with E-state index in [2.05, 4.69) is 23.3 Å². The first kappa shape index (κ1) is 23.3. The van der Waals surface area contributed by atoms with E-state index in [1.807, 2.05) is 41.3 Å². The first-order chi connectivity index (χ1) is 16.9. The average Bonchev–Trinajstić information content (AvgIpc) is 3.48. The van der Waals surface area contributed by atoms with Crippen molar-refractivity contribution in [2.75, 3.05) is 25.6 Å². The monoisotopic (exact) mass is 474 g/mol. The number of aryl methyl sites for hydroxylation is 1. The predicted molar refractivity (Wildman–Crippen MR) is 130 cm³/mol. The molecule has 0 aliphatic carbocycles. The maximum Gasteiger partial charge on any atom is 0.255 e. The van der Waals surface area contributed by atoms with Crippen LogP contribution in [0, 0.1) is 25.2 Å². The second kappa shape index (κ2) is 8.95. The number of nitrogens with zero attached hydrogens (tertiary/aromatic N) is 5. The number of carbonyl (C=O) groups excluding carboxylic acids is 1. The Morgan fingerprint density at radius 2 is 2.06 bits per heavy atom. The Balaban J connectivity index is 1.51. The highest BCUT2D eigenvalue weighted by atomic mass is 16.5. The average molecular weight is 475 g/mol. The van der Waals surface area contributed by atoms with E-state index in [1.165, 1.54) is 0 Å². The molecule has 0 saturated carbocycles. The molecule has 9 heteroatoms. The molecule has 2 aromatic heterocycles. The third-order valence-electron chi connectivity index (χ3n) is 7.41. The summed E-state index contributed by atoms with van der Waals surface area (Å²) in [4.78, 5) is 24.9. The predicted octanol–water partition coefficient (Wildman–Crippen LogP) is 3.43. The summed E-state index contributed by atoms with van der Waals surface area (Å²) in [5, 5.41) is 13.0. The lowest BCUT2D eigenvalue weighted by Gasteiger charge is -2.37. The molecule has 1 saturated heterocycles. The van der Waals surface area contributed by atoms with E-state index in [1.54, 1.807) is 13.3 Å². The number of nitrogens with one attached hydrogen (secondary N) is 1. The van der Waals surface area contributed by atoms with Crippen LogP contribution in [0.1, 0.15) is 59.4 Å². The number of imidazole rings is 1. The topological polar surface area (TPSA) is 105 Å². The van der Waals surface area contributed by atoms with Gasteiger partial charge in [0.05, 0.1) is 42.7 Å². The molecule has 1 aromatic carbocycles. The molecular weight excluding hydrogens is 444 g/mol. The second-order valence-corrected chi connectivity index (χ2v) is 9.39. The van der Waals surface area contributed by atoms with Gasteiger partial charge in [0.25, 0.3) is 5.91 Å². The number of methoxy groups -OCH3 is 1. The molecule has 182 valence electrons. The zero-order valence-corrected chi connectivity index (χ0v) is 20.6. The van der Waals surface area contributed by atoms with Crippen LogP contribution in [0.5, 0.6) is 0 Å². The van der Waals surface area contributed by atoms with E-state index in [0.29, 0.717) is 56.3 Å².